The number of allylic oxidation sites excluding steroid dienone is 1. The van der Waals surface area contributed by atoms with Gasteiger partial charge < -0.3 is 10.2 Å². The molecule has 0 atom stereocenters. The largest absolute Gasteiger partial charge is 0.512 e. The zero-order chi connectivity index (χ0) is 4.28. The van der Waals surface area contributed by atoms with E-state index in [1.807, 2.05) is 0 Å². The first kappa shape index (κ1) is 4.34. The second-order valence-corrected chi connectivity index (χ2v) is 0.770. The molecule has 0 spiro atoms. The Bertz CT molecular complexity index is 42.9. The van der Waals surface area contributed by atoms with Gasteiger partial charge in [0.05, 0.1) is 0 Å². The van der Waals surface area contributed by atoms with Crippen molar-refractivity contribution in [3.63, 3.8) is 0 Å². The molecule has 5 heavy (non-hydrogen) atoms. The van der Waals surface area contributed by atoms with Crippen molar-refractivity contribution in [2.24, 2.45) is 0 Å². The minimum atomic E-state index is -0.0648. The minimum Gasteiger partial charge on any atom is -0.512 e. The van der Waals surface area contributed by atoms with Crippen LogP contribution in [0.25, 0.3) is 0 Å². The van der Waals surface area contributed by atoms with E-state index in [1.54, 1.807) is 0 Å². The standard InChI is InChI=1S/C3H6O2/c1-3(5)2-4/h2,4-5H,1H3/b3-2+. The van der Waals surface area contributed by atoms with Gasteiger partial charge in [-0.3, -0.25) is 0 Å². The fourth-order valence-corrected chi connectivity index (χ4v) is 0. The van der Waals surface area contributed by atoms with E-state index in [1.165, 1.54) is 6.92 Å². The summed E-state index contributed by atoms with van der Waals surface area (Å²) in [5.74, 6) is -0.0648. The van der Waals surface area contributed by atoms with Crippen molar-refractivity contribution < 1.29 is 10.2 Å². The summed E-state index contributed by atoms with van der Waals surface area (Å²) in [6, 6.07) is 0. The van der Waals surface area contributed by atoms with Gasteiger partial charge in [0, 0.05) is 0 Å². The fraction of sp³-hybridized carbons (Fsp3) is 0.333. The summed E-state index contributed by atoms with van der Waals surface area (Å²) in [5, 5.41) is 15.7. The molecule has 0 aliphatic carbocycles. The van der Waals surface area contributed by atoms with Crippen molar-refractivity contribution in [3.8, 4) is 0 Å². The third-order valence-corrected chi connectivity index (χ3v) is 0.187. The van der Waals surface area contributed by atoms with Gasteiger partial charge >= 0.3 is 0 Å². The second-order valence-electron chi connectivity index (χ2n) is 0.770. The lowest BCUT2D eigenvalue weighted by Crippen LogP contribution is -1.63. The van der Waals surface area contributed by atoms with Gasteiger partial charge in [0.1, 0.15) is 12.0 Å². The quantitative estimate of drug-likeness (QED) is 0.420. The van der Waals surface area contributed by atoms with E-state index in [-0.39, 0.29) is 5.76 Å². The molecule has 0 aromatic rings. The van der Waals surface area contributed by atoms with Gasteiger partial charge in [0.25, 0.3) is 0 Å². The first-order valence-corrected chi connectivity index (χ1v) is 1.27. The van der Waals surface area contributed by atoms with Crippen molar-refractivity contribution in [1.82, 2.24) is 0 Å². The van der Waals surface area contributed by atoms with E-state index < -0.39 is 0 Å². The Balaban J connectivity index is 3.14. The molecule has 2 heteroatoms. The first-order chi connectivity index (χ1) is 2.27. The Hall–Kier alpha value is -0.660. The van der Waals surface area contributed by atoms with Crippen molar-refractivity contribution in [3.05, 3.63) is 12.0 Å². The smallest absolute Gasteiger partial charge is 0.123 e. The van der Waals surface area contributed by atoms with Crippen molar-refractivity contribution in [2.75, 3.05) is 0 Å². The Kier molecular flexibility index (Phi) is 1.42. The Labute approximate surface area is 30.4 Å². The Morgan fingerprint density at radius 3 is 2.00 bits per heavy atom. The van der Waals surface area contributed by atoms with Crippen LogP contribution >= 0.6 is 0 Å². The molecular weight excluding hydrogens is 68.0 g/mol. The molecule has 0 aromatic heterocycles. The average molecular weight is 74.1 g/mol. The molecule has 0 fully saturated rings. The van der Waals surface area contributed by atoms with Gasteiger partial charge in [-0.2, -0.15) is 0 Å². The summed E-state index contributed by atoms with van der Waals surface area (Å²) in [7, 11) is 0. The maximum atomic E-state index is 7.97. The third-order valence-electron chi connectivity index (χ3n) is 0.187. The lowest BCUT2D eigenvalue weighted by atomic mass is 10.7. The van der Waals surface area contributed by atoms with Gasteiger partial charge in [0.2, 0.25) is 0 Å². The summed E-state index contributed by atoms with van der Waals surface area (Å²) in [5.41, 5.74) is 0. The molecule has 0 radical (unpaired) electrons. The molecular formula is C3H6O2. The summed E-state index contributed by atoms with van der Waals surface area (Å²) < 4.78 is 0. The highest BCUT2D eigenvalue weighted by Gasteiger charge is 1.66. The van der Waals surface area contributed by atoms with E-state index in [2.05, 4.69) is 0 Å². The van der Waals surface area contributed by atoms with Crippen LogP contribution in [0.4, 0.5) is 0 Å². The fourth-order valence-electron chi connectivity index (χ4n) is 0. The normalized spacial score (nSPS) is 11.8. The highest BCUT2D eigenvalue weighted by Crippen LogP contribution is 1.74. The number of aliphatic hydroxyl groups is 2. The number of hydrogen-bond donors (Lipinski definition) is 2. The molecule has 0 saturated heterocycles. The lowest BCUT2D eigenvalue weighted by molar-refractivity contribution is 0.363. The van der Waals surface area contributed by atoms with Crippen LogP contribution in [0.5, 0.6) is 0 Å². The summed E-state index contributed by atoms with van der Waals surface area (Å²) in [6.45, 7) is 1.39. The lowest BCUT2D eigenvalue weighted by Gasteiger charge is -1.74. The zero-order valence-corrected chi connectivity index (χ0v) is 2.97. The zero-order valence-electron chi connectivity index (χ0n) is 2.97. The van der Waals surface area contributed by atoms with E-state index in [0.717, 1.165) is 0 Å². The summed E-state index contributed by atoms with van der Waals surface area (Å²) in [4.78, 5) is 0. The van der Waals surface area contributed by atoms with Crippen molar-refractivity contribution in [2.45, 2.75) is 6.92 Å². The van der Waals surface area contributed by atoms with Crippen molar-refractivity contribution in [1.29, 1.82) is 0 Å². The minimum absolute atomic E-state index is 0.0648. The molecule has 0 aliphatic rings. The average Bonchev–Trinajstić information content (AvgIpc) is 1.38. The van der Waals surface area contributed by atoms with E-state index in [4.69, 9.17) is 10.2 Å². The van der Waals surface area contributed by atoms with E-state index >= 15 is 0 Å². The van der Waals surface area contributed by atoms with Gasteiger partial charge in [-0.15, -0.1) is 0 Å². The van der Waals surface area contributed by atoms with Crippen LogP contribution in [0.3, 0.4) is 0 Å². The summed E-state index contributed by atoms with van der Waals surface area (Å²) >= 11 is 0. The SMILES string of the molecule is C/C(O)=C\O. The predicted octanol–water partition coefficient (Wildman–Crippen LogP) is 0.964. The molecule has 0 saturated carbocycles. The van der Waals surface area contributed by atoms with E-state index in [0.29, 0.717) is 6.26 Å². The Morgan fingerprint density at radius 1 is 1.80 bits per heavy atom. The van der Waals surface area contributed by atoms with Crippen LogP contribution in [0, 0.1) is 0 Å². The first-order valence-electron chi connectivity index (χ1n) is 1.27. The van der Waals surface area contributed by atoms with Crippen LogP contribution in [-0.2, 0) is 0 Å². The molecule has 0 heterocycles. The summed E-state index contributed by atoms with van der Waals surface area (Å²) in [6.07, 6.45) is 0.639. The number of aliphatic hydroxyl groups excluding tert-OH is 2. The molecule has 0 unspecified atom stereocenters. The molecule has 0 aliphatic heterocycles. The molecule has 0 bridgehead atoms. The van der Waals surface area contributed by atoms with E-state index in [9.17, 15) is 0 Å². The second kappa shape index (κ2) is 1.64. The molecule has 0 amide bonds. The molecule has 30 valence electrons. The van der Waals surface area contributed by atoms with Crippen LogP contribution in [0.1, 0.15) is 6.92 Å². The van der Waals surface area contributed by atoms with Crippen molar-refractivity contribution >= 4 is 0 Å². The number of rotatable bonds is 0. The molecule has 0 rings (SSSR count). The van der Waals surface area contributed by atoms with Gasteiger partial charge in [-0.25, -0.2) is 0 Å². The van der Waals surface area contributed by atoms with Crippen LogP contribution in [-0.4, -0.2) is 10.2 Å². The van der Waals surface area contributed by atoms with Crippen LogP contribution in [0.15, 0.2) is 12.0 Å². The molecule has 2 nitrogen and oxygen atoms in total. The van der Waals surface area contributed by atoms with Crippen LogP contribution < -0.4 is 0 Å². The topological polar surface area (TPSA) is 40.5 Å². The third kappa shape index (κ3) is 3.34. The molecule has 2 N–H and O–H groups in total. The maximum absolute atomic E-state index is 7.97. The molecule has 0 aromatic carbocycles. The Morgan fingerprint density at radius 2 is 2.00 bits per heavy atom. The number of hydrogen-bond acceptors (Lipinski definition) is 2. The monoisotopic (exact) mass is 74.0 g/mol. The highest BCUT2D eigenvalue weighted by atomic mass is 16.3. The van der Waals surface area contributed by atoms with Gasteiger partial charge in [0.15, 0.2) is 0 Å². The van der Waals surface area contributed by atoms with Gasteiger partial charge in [-0.1, -0.05) is 0 Å². The highest BCUT2D eigenvalue weighted by molar-refractivity contribution is 4.74. The predicted molar refractivity (Wildman–Crippen MR) is 19.0 cm³/mol. The maximum Gasteiger partial charge on any atom is 0.123 e. The van der Waals surface area contributed by atoms with Gasteiger partial charge in [-0.05, 0) is 6.92 Å². The van der Waals surface area contributed by atoms with Crippen LogP contribution in [0.2, 0.25) is 0 Å².